The van der Waals surface area contributed by atoms with E-state index >= 15 is 0 Å². The van der Waals surface area contributed by atoms with Crippen molar-refractivity contribution >= 4 is 51.7 Å². The number of nitrogens with zero attached hydrogens (tertiary/aromatic N) is 3. The molecule has 0 unspecified atom stereocenters. The van der Waals surface area contributed by atoms with Gasteiger partial charge in [-0.1, -0.05) is 0 Å². The fourth-order valence-corrected chi connectivity index (χ4v) is 3.98. The van der Waals surface area contributed by atoms with Gasteiger partial charge in [0.2, 0.25) is 5.91 Å². The van der Waals surface area contributed by atoms with Crippen LogP contribution in [0.3, 0.4) is 0 Å². The van der Waals surface area contributed by atoms with E-state index in [4.69, 9.17) is 0 Å². The summed E-state index contributed by atoms with van der Waals surface area (Å²) >= 11 is 0. The normalized spacial score (nSPS) is 22.9. The molecule has 2 aliphatic heterocycles. The zero-order chi connectivity index (χ0) is 17.3. The number of carbonyl (C=O) groups is 2. The molecule has 0 spiro atoms. The van der Waals surface area contributed by atoms with Gasteiger partial charge in [0, 0.05) is 33.2 Å². The Morgan fingerprint density at radius 3 is 2.54 bits per heavy atom. The summed E-state index contributed by atoms with van der Waals surface area (Å²) in [7, 11) is -1.50. The quantitative estimate of drug-likeness (QED) is 0.241. The van der Waals surface area contributed by atoms with Crippen molar-refractivity contribution in [1.29, 1.82) is 0 Å². The monoisotopic (exact) mass is 473 g/mol. The number of carbonyl (C=O) groups excluding carboxylic acids is 2. The lowest BCUT2D eigenvalue weighted by molar-refractivity contribution is -0.124. The Labute approximate surface area is 159 Å². The van der Waals surface area contributed by atoms with Crippen LogP contribution < -0.4 is 10.6 Å². The van der Waals surface area contributed by atoms with Gasteiger partial charge in [-0.2, -0.15) is 0 Å². The van der Waals surface area contributed by atoms with Crippen molar-refractivity contribution in [2.45, 2.75) is 18.6 Å². The number of aliphatic imine (C=N–C) groups is 1. The first-order valence-electron chi connectivity index (χ1n) is 7.44. The summed E-state index contributed by atoms with van der Waals surface area (Å²) in [6.07, 6.45) is 0. The third-order valence-corrected chi connectivity index (χ3v) is 6.64. The molecule has 2 fully saturated rings. The van der Waals surface area contributed by atoms with Gasteiger partial charge in [-0.3, -0.25) is 14.7 Å². The summed E-state index contributed by atoms with van der Waals surface area (Å²) in [5.41, 5.74) is 0. The molecule has 2 saturated heterocycles. The fourth-order valence-electron chi connectivity index (χ4n) is 2.62. The highest BCUT2D eigenvalue weighted by molar-refractivity contribution is 14.0. The topological polar surface area (TPSA) is 111 Å². The molecule has 9 nitrogen and oxygen atoms in total. The lowest BCUT2D eigenvalue weighted by atomic mass is 10.2. The summed E-state index contributed by atoms with van der Waals surface area (Å²) in [4.78, 5) is 30.1. The molecule has 0 aromatic carbocycles. The summed E-state index contributed by atoms with van der Waals surface area (Å²) in [6, 6.07) is -0.392. The van der Waals surface area contributed by atoms with Crippen LogP contribution >= 0.6 is 24.0 Å². The Morgan fingerprint density at radius 1 is 1.38 bits per heavy atom. The van der Waals surface area contributed by atoms with E-state index in [-0.39, 0.29) is 48.7 Å². The highest BCUT2D eigenvalue weighted by Gasteiger charge is 2.41. The van der Waals surface area contributed by atoms with Crippen LogP contribution in [-0.2, 0) is 14.6 Å². The van der Waals surface area contributed by atoms with E-state index in [0.717, 1.165) is 4.90 Å². The standard InChI is InChI=1S/C13H23N5O4S.HI/c1-13(2)9-17(6-7-23(13,21)22)11(14-3)15-4-5-18-10(19)8-16-12(18)20;/h4-9H2,1-3H3,(H,14,15)(H,16,20);1H. The molecule has 3 amide bonds. The zero-order valence-electron chi connectivity index (χ0n) is 14.0. The van der Waals surface area contributed by atoms with Gasteiger partial charge in [0.25, 0.3) is 0 Å². The molecule has 2 heterocycles. The zero-order valence-corrected chi connectivity index (χ0v) is 17.2. The number of nitrogens with one attached hydrogen (secondary N) is 2. The van der Waals surface area contributed by atoms with Crippen molar-refractivity contribution in [3.8, 4) is 0 Å². The second-order valence-electron chi connectivity index (χ2n) is 6.18. The van der Waals surface area contributed by atoms with Crippen LogP contribution in [0.25, 0.3) is 0 Å². The largest absolute Gasteiger partial charge is 0.354 e. The van der Waals surface area contributed by atoms with Crippen LogP contribution in [0.2, 0.25) is 0 Å². The lowest BCUT2D eigenvalue weighted by Gasteiger charge is -2.39. The Hall–Kier alpha value is -1.11. The van der Waals surface area contributed by atoms with Gasteiger partial charge in [0.15, 0.2) is 15.8 Å². The Balaban J connectivity index is 0.00000288. The predicted octanol–water partition coefficient (Wildman–Crippen LogP) is -0.759. The maximum atomic E-state index is 12.0. The molecule has 2 N–H and O–H groups in total. The van der Waals surface area contributed by atoms with E-state index in [2.05, 4.69) is 15.6 Å². The lowest BCUT2D eigenvalue weighted by Crippen LogP contribution is -2.57. The SMILES string of the molecule is CN=C(NCCN1C(=O)CNC1=O)N1CCS(=O)(=O)C(C)(C)C1.I. The first-order valence-corrected chi connectivity index (χ1v) is 9.09. The Bertz CT molecular complexity index is 618. The van der Waals surface area contributed by atoms with Gasteiger partial charge in [-0.25, -0.2) is 13.2 Å². The molecule has 138 valence electrons. The first kappa shape index (κ1) is 20.9. The van der Waals surface area contributed by atoms with E-state index in [1.165, 1.54) is 0 Å². The summed E-state index contributed by atoms with van der Waals surface area (Å²) in [5, 5.41) is 5.54. The fraction of sp³-hybridized carbons (Fsp3) is 0.769. The van der Waals surface area contributed by atoms with Crippen LogP contribution in [0.4, 0.5) is 4.79 Å². The number of urea groups is 1. The second kappa shape index (κ2) is 7.85. The van der Waals surface area contributed by atoms with Gasteiger partial charge < -0.3 is 15.5 Å². The second-order valence-corrected chi connectivity index (χ2v) is 8.92. The van der Waals surface area contributed by atoms with Crippen molar-refractivity contribution in [1.82, 2.24) is 20.4 Å². The number of amides is 3. The minimum atomic E-state index is -3.11. The smallest absolute Gasteiger partial charge is 0.324 e. The Kier molecular flexibility index (Phi) is 6.84. The van der Waals surface area contributed by atoms with Crippen molar-refractivity contribution < 1.29 is 18.0 Å². The molecule has 0 aromatic rings. The maximum Gasteiger partial charge on any atom is 0.324 e. The van der Waals surface area contributed by atoms with Crippen LogP contribution in [0.1, 0.15) is 13.8 Å². The number of halogens is 1. The van der Waals surface area contributed by atoms with Crippen LogP contribution in [-0.4, -0.2) is 86.4 Å². The highest BCUT2D eigenvalue weighted by atomic mass is 127. The summed E-state index contributed by atoms with van der Waals surface area (Å²) < 4.78 is 23.2. The molecule has 0 aromatic heterocycles. The van der Waals surface area contributed by atoms with Crippen molar-refractivity contribution in [2.75, 3.05) is 45.5 Å². The molecule has 2 rings (SSSR count). The first-order chi connectivity index (χ1) is 10.7. The van der Waals surface area contributed by atoms with Gasteiger partial charge in [-0.15, -0.1) is 24.0 Å². The van der Waals surface area contributed by atoms with E-state index in [9.17, 15) is 18.0 Å². The molecule has 0 saturated carbocycles. The van der Waals surface area contributed by atoms with Crippen molar-refractivity contribution in [3.63, 3.8) is 0 Å². The van der Waals surface area contributed by atoms with E-state index < -0.39 is 20.6 Å². The number of sulfone groups is 1. The molecular formula is C13H24IN5O4S. The van der Waals surface area contributed by atoms with Gasteiger partial charge >= 0.3 is 6.03 Å². The Morgan fingerprint density at radius 2 is 2.04 bits per heavy atom. The molecule has 0 bridgehead atoms. The van der Waals surface area contributed by atoms with Crippen molar-refractivity contribution in [3.05, 3.63) is 0 Å². The number of guanidine groups is 1. The molecular weight excluding hydrogens is 449 g/mol. The van der Waals surface area contributed by atoms with E-state index in [1.54, 1.807) is 20.9 Å². The third kappa shape index (κ3) is 4.29. The van der Waals surface area contributed by atoms with Crippen LogP contribution in [0, 0.1) is 0 Å². The van der Waals surface area contributed by atoms with Crippen LogP contribution in [0.5, 0.6) is 0 Å². The number of hydrogen-bond donors (Lipinski definition) is 2. The molecule has 0 aliphatic carbocycles. The summed E-state index contributed by atoms with van der Waals surface area (Å²) in [6.45, 7) is 4.75. The van der Waals surface area contributed by atoms with Crippen LogP contribution in [0.15, 0.2) is 4.99 Å². The minimum Gasteiger partial charge on any atom is -0.354 e. The van der Waals surface area contributed by atoms with Crippen molar-refractivity contribution in [2.24, 2.45) is 4.99 Å². The number of hydrogen-bond acceptors (Lipinski definition) is 5. The molecule has 24 heavy (non-hydrogen) atoms. The van der Waals surface area contributed by atoms with Gasteiger partial charge in [0.05, 0.1) is 17.0 Å². The molecule has 2 aliphatic rings. The average Bonchev–Trinajstić information content (AvgIpc) is 2.78. The highest BCUT2D eigenvalue weighted by Crippen LogP contribution is 2.23. The number of rotatable bonds is 3. The predicted molar refractivity (Wildman–Crippen MR) is 101 cm³/mol. The number of imide groups is 1. The van der Waals surface area contributed by atoms with Gasteiger partial charge in [-0.05, 0) is 13.8 Å². The molecule has 0 radical (unpaired) electrons. The van der Waals surface area contributed by atoms with E-state index in [1.807, 2.05) is 4.90 Å². The van der Waals surface area contributed by atoms with E-state index in [0.29, 0.717) is 25.6 Å². The molecule has 0 atom stereocenters. The molecule has 11 heteroatoms. The summed E-state index contributed by atoms with van der Waals surface area (Å²) in [5.74, 6) is 0.394. The maximum absolute atomic E-state index is 12.0. The average molecular weight is 473 g/mol. The van der Waals surface area contributed by atoms with Gasteiger partial charge in [0.1, 0.15) is 0 Å². The minimum absolute atomic E-state index is 0. The third-order valence-electron chi connectivity index (χ3n) is 4.11.